The maximum absolute atomic E-state index is 5.47. The monoisotopic (exact) mass is 343 g/mol. The van der Waals surface area contributed by atoms with Crippen molar-refractivity contribution in [1.82, 2.24) is 5.32 Å². The molecule has 0 saturated carbocycles. The Kier molecular flexibility index (Phi) is 6.83. The standard InChI is InChI=1S/C16H26BrNO2/c1-6-18-11-16(2,3)8-7-12-9-15(20-5)13(17)10-14(12)19-4/h9-10,18H,6-8,11H2,1-5H3. The van der Waals surface area contributed by atoms with Crippen LogP contribution in [0.1, 0.15) is 32.8 Å². The van der Waals surface area contributed by atoms with Crippen molar-refractivity contribution in [2.75, 3.05) is 27.3 Å². The van der Waals surface area contributed by atoms with E-state index in [-0.39, 0.29) is 5.41 Å². The summed E-state index contributed by atoms with van der Waals surface area (Å²) in [6.07, 6.45) is 2.08. The Hall–Kier alpha value is -0.740. The predicted octanol–water partition coefficient (Wildman–Crippen LogP) is 4.03. The SMILES string of the molecule is CCNCC(C)(C)CCc1cc(OC)c(Br)cc1OC. The second kappa shape index (κ2) is 7.89. The lowest BCUT2D eigenvalue weighted by molar-refractivity contribution is 0.314. The van der Waals surface area contributed by atoms with E-state index in [0.717, 1.165) is 41.9 Å². The molecule has 1 rings (SSSR count). The van der Waals surface area contributed by atoms with Gasteiger partial charge in [0.05, 0.1) is 18.7 Å². The summed E-state index contributed by atoms with van der Waals surface area (Å²) in [6, 6.07) is 4.04. The first-order chi connectivity index (χ1) is 9.43. The Morgan fingerprint density at radius 1 is 1.15 bits per heavy atom. The van der Waals surface area contributed by atoms with E-state index in [1.165, 1.54) is 5.56 Å². The first-order valence-electron chi connectivity index (χ1n) is 7.04. The van der Waals surface area contributed by atoms with E-state index < -0.39 is 0 Å². The summed E-state index contributed by atoms with van der Waals surface area (Å²) in [5.41, 5.74) is 1.46. The first kappa shape index (κ1) is 17.3. The van der Waals surface area contributed by atoms with Crippen molar-refractivity contribution in [3.8, 4) is 11.5 Å². The molecule has 0 heterocycles. The minimum Gasteiger partial charge on any atom is -0.496 e. The van der Waals surface area contributed by atoms with Crippen molar-refractivity contribution < 1.29 is 9.47 Å². The van der Waals surface area contributed by atoms with Crippen molar-refractivity contribution in [2.24, 2.45) is 5.41 Å². The number of rotatable bonds is 8. The first-order valence-corrected chi connectivity index (χ1v) is 7.84. The van der Waals surface area contributed by atoms with Gasteiger partial charge >= 0.3 is 0 Å². The molecule has 1 aromatic rings. The smallest absolute Gasteiger partial charge is 0.133 e. The highest BCUT2D eigenvalue weighted by molar-refractivity contribution is 9.10. The number of aryl methyl sites for hydroxylation is 1. The summed E-state index contributed by atoms with van der Waals surface area (Å²) in [4.78, 5) is 0. The van der Waals surface area contributed by atoms with Gasteiger partial charge in [-0.05, 0) is 58.4 Å². The summed E-state index contributed by atoms with van der Waals surface area (Å²) in [5, 5.41) is 3.42. The molecule has 0 aliphatic rings. The lowest BCUT2D eigenvalue weighted by atomic mass is 9.86. The molecule has 0 atom stereocenters. The molecule has 0 aliphatic carbocycles. The molecule has 0 aliphatic heterocycles. The van der Waals surface area contributed by atoms with Crippen molar-refractivity contribution in [3.05, 3.63) is 22.2 Å². The van der Waals surface area contributed by atoms with Gasteiger partial charge in [-0.3, -0.25) is 0 Å². The largest absolute Gasteiger partial charge is 0.496 e. The van der Waals surface area contributed by atoms with Gasteiger partial charge in [-0.15, -0.1) is 0 Å². The van der Waals surface area contributed by atoms with Crippen LogP contribution in [-0.2, 0) is 6.42 Å². The summed E-state index contributed by atoms with van der Waals surface area (Å²) < 4.78 is 11.8. The summed E-state index contributed by atoms with van der Waals surface area (Å²) in [7, 11) is 3.40. The maximum Gasteiger partial charge on any atom is 0.133 e. The highest BCUT2D eigenvalue weighted by Gasteiger charge is 2.19. The maximum atomic E-state index is 5.47. The average Bonchev–Trinajstić information content (AvgIpc) is 2.43. The van der Waals surface area contributed by atoms with Crippen LogP contribution < -0.4 is 14.8 Å². The molecule has 1 aromatic carbocycles. The second-order valence-electron chi connectivity index (χ2n) is 5.74. The van der Waals surface area contributed by atoms with Gasteiger partial charge in [0.15, 0.2) is 0 Å². The lowest BCUT2D eigenvalue weighted by Gasteiger charge is -2.25. The number of halogens is 1. The van der Waals surface area contributed by atoms with Crippen molar-refractivity contribution in [2.45, 2.75) is 33.6 Å². The van der Waals surface area contributed by atoms with Crippen LogP contribution in [0.2, 0.25) is 0 Å². The minimum atomic E-state index is 0.265. The molecule has 0 spiro atoms. The zero-order valence-corrected chi connectivity index (χ0v) is 14.8. The van der Waals surface area contributed by atoms with Crippen LogP contribution in [0.3, 0.4) is 0 Å². The fraction of sp³-hybridized carbons (Fsp3) is 0.625. The van der Waals surface area contributed by atoms with Gasteiger partial charge in [0.1, 0.15) is 11.5 Å². The third-order valence-electron chi connectivity index (χ3n) is 3.48. The van der Waals surface area contributed by atoms with E-state index in [9.17, 15) is 0 Å². The van der Waals surface area contributed by atoms with E-state index in [4.69, 9.17) is 9.47 Å². The lowest BCUT2D eigenvalue weighted by Crippen LogP contribution is -2.29. The van der Waals surface area contributed by atoms with Crippen LogP contribution in [-0.4, -0.2) is 27.3 Å². The van der Waals surface area contributed by atoms with Crippen LogP contribution in [0.15, 0.2) is 16.6 Å². The summed E-state index contributed by atoms with van der Waals surface area (Å²) >= 11 is 3.49. The molecule has 0 aromatic heterocycles. The van der Waals surface area contributed by atoms with E-state index in [1.807, 2.05) is 6.07 Å². The van der Waals surface area contributed by atoms with Gasteiger partial charge in [-0.25, -0.2) is 0 Å². The molecular weight excluding hydrogens is 318 g/mol. The molecular formula is C16H26BrNO2. The van der Waals surface area contributed by atoms with Gasteiger partial charge in [0.2, 0.25) is 0 Å². The average molecular weight is 344 g/mol. The number of nitrogens with one attached hydrogen (secondary N) is 1. The fourth-order valence-corrected chi connectivity index (χ4v) is 2.63. The molecule has 0 unspecified atom stereocenters. The molecule has 114 valence electrons. The Balaban J connectivity index is 2.80. The number of ether oxygens (including phenoxy) is 2. The normalized spacial score (nSPS) is 11.5. The molecule has 0 fully saturated rings. The van der Waals surface area contributed by atoms with Crippen molar-refractivity contribution in [3.63, 3.8) is 0 Å². The van der Waals surface area contributed by atoms with Gasteiger partial charge in [-0.1, -0.05) is 20.8 Å². The quantitative estimate of drug-likeness (QED) is 0.772. The van der Waals surface area contributed by atoms with Crippen LogP contribution in [0.5, 0.6) is 11.5 Å². The highest BCUT2D eigenvalue weighted by atomic mass is 79.9. The minimum absolute atomic E-state index is 0.265. The van der Waals surface area contributed by atoms with Crippen molar-refractivity contribution >= 4 is 15.9 Å². The number of hydrogen-bond donors (Lipinski definition) is 1. The molecule has 4 heteroatoms. The molecule has 0 amide bonds. The Labute approximate surface area is 131 Å². The Morgan fingerprint density at radius 2 is 1.80 bits per heavy atom. The summed E-state index contributed by atoms with van der Waals surface area (Å²) in [6.45, 7) is 8.76. The Morgan fingerprint density at radius 3 is 2.35 bits per heavy atom. The number of benzene rings is 1. The molecule has 3 nitrogen and oxygen atoms in total. The third-order valence-corrected chi connectivity index (χ3v) is 4.10. The molecule has 0 saturated heterocycles. The molecule has 0 bridgehead atoms. The number of methoxy groups -OCH3 is 2. The zero-order chi connectivity index (χ0) is 15.2. The molecule has 20 heavy (non-hydrogen) atoms. The fourth-order valence-electron chi connectivity index (χ4n) is 2.14. The highest BCUT2D eigenvalue weighted by Crippen LogP contribution is 2.34. The Bertz CT molecular complexity index is 433. The molecule has 0 radical (unpaired) electrons. The van der Waals surface area contributed by atoms with Gasteiger partial charge in [0.25, 0.3) is 0 Å². The van der Waals surface area contributed by atoms with Gasteiger partial charge in [-0.2, -0.15) is 0 Å². The second-order valence-corrected chi connectivity index (χ2v) is 6.60. The van der Waals surface area contributed by atoms with Crippen LogP contribution >= 0.6 is 15.9 Å². The molecule has 1 N–H and O–H groups in total. The van der Waals surface area contributed by atoms with Crippen LogP contribution in [0, 0.1) is 5.41 Å². The third kappa shape index (κ3) is 4.98. The van der Waals surface area contributed by atoms with E-state index in [1.54, 1.807) is 14.2 Å². The zero-order valence-electron chi connectivity index (χ0n) is 13.2. The van der Waals surface area contributed by atoms with Gasteiger partial charge in [0, 0.05) is 6.54 Å². The predicted molar refractivity (Wildman–Crippen MR) is 87.9 cm³/mol. The van der Waals surface area contributed by atoms with Crippen LogP contribution in [0.25, 0.3) is 0 Å². The summed E-state index contributed by atoms with van der Waals surface area (Å²) in [5.74, 6) is 1.77. The van der Waals surface area contributed by atoms with Crippen LogP contribution in [0.4, 0.5) is 0 Å². The number of hydrogen-bond acceptors (Lipinski definition) is 3. The van der Waals surface area contributed by atoms with E-state index in [0.29, 0.717) is 0 Å². The van der Waals surface area contributed by atoms with Crippen molar-refractivity contribution in [1.29, 1.82) is 0 Å². The topological polar surface area (TPSA) is 30.5 Å². The van der Waals surface area contributed by atoms with E-state index in [2.05, 4.69) is 48.1 Å². The van der Waals surface area contributed by atoms with E-state index >= 15 is 0 Å². The van der Waals surface area contributed by atoms with Gasteiger partial charge < -0.3 is 14.8 Å².